The number of carboxylic acid groups (broad SMARTS) is 1. The highest BCUT2D eigenvalue weighted by Gasteiger charge is 2.46. The minimum absolute atomic E-state index is 0.0768. The molecule has 24 heavy (non-hydrogen) atoms. The van der Waals surface area contributed by atoms with Gasteiger partial charge in [-0.05, 0) is 32.1 Å². The van der Waals surface area contributed by atoms with E-state index in [9.17, 15) is 19.6 Å². The van der Waals surface area contributed by atoms with Crippen LogP contribution in [0.4, 0.5) is 9.59 Å². The van der Waals surface area contributed by atoms with Gasteiger partial charge in [-0.2, -0.15) is 0 Å². The number of likely N-dealkylation sites (tertiary alicyclic amines) is 1. The summed E-state index contributed by atoms with van der Waals surface area (Å²) in [6.07, 6.45) is 2.45. The first-order chi connectivity index (χ1) is 11.5. The molecule has 3 fully saturated rings. The second-order valence-corrected chi connectivity index (χ2v) is 6.43. The number of carbonyl (C=O) groups is 3. The molecule has 10 nitrogen and oxygen atoms in total. The molecule has 3 N–H and O–H groups in total. The van der Waals surface area contributed by atoms with Crippen molar-refractivity contribution in [2.45, 2.75) is 50.2 Å². The average Bonchev–Trinajstić information content (AvgIpc) is 2.79. The number of hydroxylamine groups is 3. The summed E-state index contributed by atoms with van der Waals surface area (Å²) in [4.78, 5) is 43.1. The van der Waals surface area contributed by atoms with E-state index in [4.69, 9.17) is 9.94 Å². The van der Waals surface area contributed by atoms with Crippen LogP contribution in [-0.2, 0) is 9.63 Å². The van der Waals surface area contributed by atoms with Crippen molar-refractivity contribution in [3.8, 4) is 0 Å². The molecule has 3 aliphatic heterocycles. The summed E-state index contributed by atoms with van der Waals surface area (Å²) >= 11 is 0. The summed E-state index contributed by atoms with van der Waals surface area (Å²) in [6.45, 7) is 0.867. The molecule has 134 valence electrons. The van der Waals surface area contributed by atoms with E-state index in [0.29, 0.717) is 37.4 Å². The van der Waals surface area contributed by atoms with E-state index < -0.39 is 24.1 Å². The van der Waals surface area contributed by atoms with Crippen LogP contribution in [-0.4, -0.2) is 81.0 Å². The van der Waals surface area contributed by atoms with Crippen molar-refractivity contribution in [3.63, 3.8) is 0 Å². The Morgan fingerprint density at radius 2 is 2.04 bits per heavy atom. The fourth-order valence-electron chi connectivity index (χ4n) is 3.63. The van der Waals surface area contributed by atoms with Crippen LogP contribution >= 0.6 is 0 Å². The van der Waals surface area contributed by atoms with Crippen LogP contribution in [0.25, 0.3) is 0 Å². The van der Waals surface area contributed by atoms with E-state index in [0.717, 1.165) is 12.8 Å². The molecule has 3 saturated heterocycles. The van der Waals surface area contributed by atoms with Crippen molar-refractivity contribution in [2.75, 3.05) is 19.7 Å². The summed E-state index contributed by atoms with van der Waals surface area (Å²) in [7, 11) is 0. The molecule has 4 amide bonds. The molecular formula is C14H22N4O6. The third kappa shape index (κ3) is 3.11. The molecule has 0 aromatic heterocycles. The van der Waals surface area contributed by atoms with Crippen molar-refractivity contribution in [3.05, 3.63) is 0 Å². The van der Waals surface area contributed by atoms with Crippen LogP contribution < -0.4 is 5.48 Å². The van der Waals surface area contributed by atoms with Crippen LogP contribution in [0.2, 0.25) is 0 Å². The molecule has 0 radical (unpaired) electrons. The van der Waals surface area contributed by atoms with Crippen molar-refractivity contribution >= 4 is 18.0 Å². The topological polar surface area (TPSA) is 123 Å². The number of hydrogen-bond acceptors (Lipinski definition) is 5. The molecule has 3 atom stereocenters. The van der Waals surface area contributed by atoms with Crippen LogP contribution in [0.5, 0.6) is 0 Å². The summed E-state index contributed by atoms with van der Waals surface area (Å²) in [5.74, 6) is -0.449. The van der Waals surface area contributed by atoms with Gasteiger partial charge in [0.25, 0.3) is 5.91 Å². The Balaban J connectivity index is 1.49. The molecule has 0 aliphatic carbocycles. The van der Waals surface area contributed by atoms with E-state index in [1.165, 1.54) is 9.80 Å². The van der Waals surface area contributed by atoms with Gasteiger partial charge in [0.2, 0.25) is 0 Å². The summed E-state index contributed by atoms with van der Waals surface area (Å²) < 4.78 is 0. The Morgan fingerprint density at radius 1 is 1.25 bits per heavy atom. The number of urea groups is 1. The summed E-state index contributed by atoms with van der Waals surface area (Å²) in [6, 6.07) is -1.78. The Kier molecular flexibility index (Phi) is 4.76. The van der Waals surface area contributed by atoms with Gasteiger partial charge in [0.1, 0.15) is 6.04 Å². The number of nitrogens with one attached hydrogen (secondary N) is 1. The molecule has 2 bridgehead atoms. The highest BCUT2D eigenvalue weighted by atomic mass is 16.7. The van der Waals surface area contributed by atoms with Gasteiger partial charge in [-0.25, -0.2) is 20.1 Å². The molecule has 3 heterocycles. The zero-order valence-electron chi connectivity index (χ0n) is 13.3. The lowest BCUT2D eigenvalue weighted by atomic mass is 10.0. The second-order valence-electron chi connectivity index (χ2n) is 6.43. The van der Waals surface area contributed by atoms with Gasteiger partial charge in [-0.15, -0.1) is 0 Å². The minimum Gasteiger partial charge on any atom is -0.465 e. The molecule has 10 heteroatoms. The first-order valence-electron chi connectivity index (χ1n) is 8.19. The van der Waals surface area contributed by atoms with Gasteiger partial charge in [0.05, 0.1) is 18.7 Å². The van der Waals surface area contributed by atoms with E-state index in [2.05, 4.69) is 5.48 Å². The zero-order valence-corrected chi connectivity index (χ0v) is 13.3. The Bertz CT molecular complexity index is 529. The van der Waals surface area contributed by atoms with Crippen LogP contribution in [0.15, 0.2) is 0 Å². The predicted molar refractivity (Wildman–Crippen MR) is 79.0 cm³/mol. The molecule has 3 rings (SSSR count). The molecule has 0 aromatic carbocycles. The predicted octanol–water partition coefficient (Wildman–Crippen LogP) is 0.225. The molecule has 0 saturated carbocycles. The highest BCUT2D eigenvalue weighted by molar-refractivity contribution is 5.87. The third-order valence-corrected chi connectivity index (χ3v) is 4.97. The standard InChI is InChI=1S/C14H22N4O6/c19-12(11-5-4-9-7-17(11)13(20)18(9)23)15-24-8-10-3-1-2-6-16(10)14(21)22/h9-11,23H,1-8H2,(H,15,19)(H,21,22)/t9-,10+,11+/m1/s1. The Morgan fingerprint density at radius 3 is 2.79 bits per heavy atom. The number of fused-ring (bicyclic) bond motifs is 2. The number of rotatable bonds is 4. The number of piperidine rings is 2. The fraction of sp³-hybridized carbons (Fsp3) is 0.786. The molecule has 0 spiro atoms. The molecule has 0 unspecified atom stereocenters. The van der Waals surface area contributed by atoms with E-state index in [1.54, 1.807) is 0 Å². The largest absolute Gasteiger partial charge is 0.465 e. The lowest BCUT2D eigenvalue weighted by molar-refractivity contribution is -0.140. The van der Waals surface area contributed by atoms with Gasteiger partial charge < -0.3 is 14.9 Å². The lowest BCUT2D eigenvalue weighted by Gasteiger charge is -2.33. The number of nitrogens with zero attached hydrogens (tertiary/aromatic N) is 3. The van der Waals surface area contributed by atoms with Gasteiger partial charge >= 0.3 is 12.1 Å². The van der Waals surface area contributed by atoms with Crippen LogP contribution in [0.1, 0.15) is 32.1 Å². The Hall–Kier alpha value is -2.07. The third-order valence-electron chi connectivity index (χ3n) is 4.97. The minimum atomic E-state index is -0.987. The fourth-order valence-corrected chi connectivity index (χ4v) is 3.63. The van der Waals surface area contributed by atoms with Gasteiger partial charge in [-0.1, -0.05) is 0 Å². The first-order valence-corrected chi connectivity index (χ1v) is 8.19. The number of amides is 4. The number of carbonyl (C=O) groups excluding carboxylic acids is 2. The molecule has 3 aliphatic rings. The van der Waals surface area contributed by atoms with Crippen molar-refractivity contribution in [1.82, 2.24) is 20.3 Å². The van der Waals surface area contributed by atoms with Crippen LogP contribution in [0, 0.1) is 0 Å². The monoisotopic (exact) mass is 342 g/mol. The van der Waals surface area contributed by atoms with Crippen LogP contribution in [0.3, 0.4) is 0 Å². The first kappa shape index (κ1) is 16.8. The van der Waals surface area contributed by atoms with E-state index in [-0.39, 0.29) is 18.7 Å². The molecule has 0 aromatic rings. The van der Waals surface area contributed by atoms with Crippen molar-refractivity contribution < 1.29 is 29.5 Å². The van der Waals surface area contributed by atoms with Gasteiger partial charge in [0.15, 0.2) is 0 Å². The van der Waals surface area contributed by atoms with Crippen molar-refractivity contribution in [2.24, 2.45) is 0 Å². The summed E-state index contributed by atoms with van der Waals surface area (Å²) in [5.41, 5.74) is 2.32. The second kappa shape index (κ2) is 6.81. The van der Waals surface area contributed by atoms with E-state index >= 15 is 0 Å². The van der Waals surface area contributed by atoms with Gasteiger partial charge in [-0.3, -0.25) is 14.8 Å². The highest BCUT2D eigenvalue weighted by Crippen LogP contribution is 2.28. The summed E-state index contributed by atoms with van der Waals surface area (Å²) in [5, 5.41) is 19.5. The number of hydrogen-bond donors (Lipinski definition) is 3. The normalized spacial score (nSPS) is 29.8. The SMILES string of the molecule is O=C(NOC[C@@H]1CCCCN1C(=O)O)[C@@H]1CC[C@@H]2CN1C(=O)N2O. The maximum atomic E-state index is 12.2. The van der Waals surface area contributed by atoms with E-state index in [1.807, 2.05) is 0 Å². The zero-order chi connectivity index (χ0) is 17.3. The smallest absolute Gasteiger partial charge is 0.407 e. The van der Waals surface area contributed by atoms with Crippen molar-refractivity contribution in [1.29, 1.82) is 0 Å². The lowest BCUT2D eigenvalue weighted by Crippen LogP contribution is -2.51. The Labute approximate surface area is 138 Å². The maximum absolute atomic E-state index is 12.2. The average molecular weight is 342 g/mol. The quantitative estimate of drug-likeness (QED) is 0.496. The molecular weight excluding hydrogens is 320 g/mol. The maximum Gasteiger partial charge on any atom is 0.407 e. The van der Waals surface area contributed by atoms with Gasteiger partial charge in [0, 0.05) is 13.1 Å².